The first-order chi connectivity index (χ1) is 13.2. The lowest BCUT2D eigenvalue weighted by atomic mass is 10.0. The van der Waals surface area contributed by atoms with Gasteiger partial charge in [0.2, 0.25) is 0 Å². The van der Waals surface area contributed by atoms with E-state index in [0.29, 0.717) is 5.75 Å². The minimum atomic E-state index is -1.52. The van der Waals surface area contributed by atoms with Gasteiger partial charge >= 0.3 is 5.97 Å². The Morgan fingerprint density at radius 2 is 1.41 bits per heavy atom. The van der Waals surface area contributed by atoms with E-state index in [4.69, 9.17) is 4.74 Å². The van der Waals surface area contributed by atoms with Gasteiger partial charge in [-0.3, -0.25) is 0 Å². The topological polar surface area (TPSA) is 26.3 Å². The first-order valence-electron chi connectivity index (χ1n) is 11.1. The number of aryl methyl sites for hydroxylation is 1. The van der Waals surface area contributed by atoms with Gasteiger partial charge in [-0.05, 0) is 37.3 Å². The third-order valence-corrected chi connectivity index (χ3v) is 5.05. The molecule has 0 aromatic heterocycles. The molecule has 154 valence electrons. The van der Waals surface area contributed by atoms with Crippen LogP contribution >= 0.6 is 0 Å². The molecule has 27 heavy (non-hydrogen) atoms. The summed E-state index contributed by atoms with van der Waals surface area (Å²) in [6.45, 7) is 4.35. The number of para-hydroxylation sites is 1. The standard InChI is InChI=1S/C24H39FO2/c1-3-5-7-9-10-11-12-13-17-21-18-15-16-20-23(21)27-24(26)22(25)19-14-8-6-4-2/h15-16,18,20,22H,3-14,17,19H2,1-2H3. The van der Waals surface area contributed by atoms with Crippen molar-refractivity contribution >= 4 is 5.97 Å². The van der Waals surface area contributed by atoms with Gasteiger partial charge in [-0.1, -0.05) is 96.3 Å². The number of hydrogen-bond acceptors (Lipinski definition) is 2. The second-order valence-corrected chi connectivity index (χ2v) is 7.57. The highest BCUT2D eigenvalue weighted by Gasteiger charge is 2.20. The molecule has 0 fully saturated rings. The fourth-order valence-corrected chi connectivity index (χ4v) is 3.30. The fraction of sp³-hybridized carbons (Fsp3) is 0.708. The van der Waals surface area contributed by atoms with Crippen LogP contribution in [-0.4, -0.2) is 12.1 Å². The molecule has 1 rings (SSSR count). The second kappa shape index (κ2) is 15.7. The number of ether oxygens (including phenoxy) is 1. The maximum atomic E-state index is 14.0. The maximum Gasteiger partial charge on any atom is 0.346 e. The van der Waals surface area contributed by atoms with Crippen molar-refractivity contribution in [2.75, 3.05) is 0 Å². The van der Waals surface area contributed by atoms with Crippen LogP contribution in [0.15, 0.2) is 24.3 Å². The van der Waals surface area contributed by atoms with Crippen LogP contribution in [-0.2, 0) is 11.2 Å². The van der Waals surface area contributed by atoms with Crippen molar-refractivity contribution in [1.82, 2.24) is 0 Å². The summed E-state index contributed by atoms with van der Waals surface area (Å²) in [5.41, 5.74) is 1.01. The quantitative estimate of drug-likeness (QED) is 0.168. The minimum absolute atomic E-state index is 0.263. The zero-order valence-corrected chi connectivity index (χ0v) is 17.5. The first-order valence-corrected chi connectivity index (χ1v) is 11.1. The molecular weight excluding hydrogens is 339 g/mol. The number of halogens is 1. The fourth-order valence-electron chi connectivity index (χ4n) is 3.30. The molecule has 0 radical (unpaired) electrons. The molecule has 0 aliphatic carbocycles. The number of alkyl halides is 1. The first kappa shape index (κ1) is 23.7. The van der Waals surface area contributed by atoms with Crippen LogP contribution in [0.3, 0.4) is 0 Å². The molecule has 0 amide bonds. The van der Waals surface area contributed by atoms with Gasteiger partial charge in [-0.2, -0.15) is 0 Å². The highest BCUT2D eigenvalue weighted by molar-refractivity contribution is 5.77. The molecule has 0 spiro atoms. The van der Waals surface area contributed by atoms with Gasteiger partial charge in [0.05, 0.1) is 0 Å². The van der Waals surface area contributed by atoms with Crippen molar-refractivity contribution in [3.05, 3.63) is 29.8 Å². The van der Waals surface area contributed by atoms with E-state index in [2.05, 4.69) is 13.8 Å². The molecule has 1 unspecified atom stereocenters. The van der Waals surface area contributed by atoms with Crippen LogP contribution in [0.25, 0.3) is 0 Å². The molecule has 2 nitrogen and oxygen atoms in total. The normalized spacial score (nSPS) is 12.1. The van der Waals surface area contributed by atoms with E-state index in [0.717, 1.165) is 44.1 Å². The van der Waals surface area contributed by atoms with Crippen LogP contribution < -0.4 is 4.74 Å². The largest absolute Gasteiger partial charge is 0.424 e. The lowest BCUT2D eigenvalue weighted by Crippen LogP contribution is -2.22. The number of benzene rings is 1. The maximum absolute atomic E-state index is 14.0. The van der Waals surface area contributed by atoms with Gasteiger partial charge in [-0.15, -0.1) is 0 Å². The minimum Gasteiger partial charge on any atom is -0.424 e. The molecule has 0 heterocycles. The van der Waals surface area contributed by atoms with E-state index in [-0.39, 0.29) is 6.42 Å². The molecule has 0 saturated carbocycles. The van der Waals surface area contributed by atoms with Crippen LogP contribution in [0.4, 0.5) is 4.39 Å². The lowest BCUT2D eigenvalue weighted by molar-refractivity contribution is -0.140. The number of esters is 1. The van der Waals surface area contributed by atoms with E-state index >= 15 is 0 Å². The molecule has 0 N–H and O–H groups in total. The van der Waals surface area contributed by atoms with E-state index < -0.39 is 12.1 Å². The summed E-state index contributed by atoms with van der Waals surface area (Å²) in [6, 6.07) is 7.56. The van der Waals surface area contributed by atoms with Crippen LogP contribution in [0, 0.1) is 0 Å². The van der Waals surface area contributed by atoms with Crippen LogP contribution in [0.1, 0.15) is 103 Å². The number of rotatable bonds is 16. The van der Waals surface area contributed by atoms with Crippen molar-refractivity contribution in [3.8, 4) is 5.75 Å². The summed E-state index contributed by atoms with van der Waals surface area (Å²) >= 11 is 0. The predicted octanol–water partition coefficient (Wildman–Crippen LogP) is 7.58. The van der Waals surface area contributed by atoms with E-state index in [1.165, 1.54) is 44.9 Å². The molecule has 0 saturated heterocycles. The summed E-state index contributed by atoms with van der Waals surface area (Å²) in [5, 5.41) is 0. The second-order valence-electron chi connectivity index (χ2n) is 7.57. The van der Waals surface area contributed by atoms with Crippen molar-refractivity contribution in [3.63, 3.8) is 0 Å². The van der Waals surface area contributed by atoms with E-state index in [9.17, 15) is 9.18 Å². The van der Waals surface area contributed by atoms with Crippen molar-refractivity contribution in [2.24, 2.45) is 0 Å². The lowest BCUT2D eigenvalue weighted by Gasteiger charge is -2.12. The summed E-state index contributed by atoms with van der Waals surface area (Å²) < 4.78 is 19.4. The molecular formula is C24H39FO2. The average molecular weight is 379 g/mol. The molecule has 3 heteroatoms. The van der Waals surface area contributed by atoms with Gasteiger partial charge in [-0.25, -0.2) is 9.18 Å². The summed E-state index contributed by atoms with van der Waals surface area (Å²) in [5.74, 6) is -0.212. The number of hydrogen-bond donors (Lipinski definition) is 0. The van der Waals surface area contributed by atoms with Gasteiger partial charge in [0, 0.05) is 0 Å². The zero-order chi connectivity index (χ0) is 19.7. The average Bonchev–Trinajstić information content (AvgIpc) is 2.68. The molecule has 0 aliphatic heterocycles. The molecule has 1 atom stereocenters. The third kappa shape index (κ3) is 11.1. The van der Waals surface area contributed by atoms with Gasteiger partial charge < -0.3 is 4.74 Å². The monoisotopic (exact) mass is 378 g/mol. The summed E-state index contributed by atoms with van der Waals surface area (Å²) in [4.78, 5) is 12.0. The Bertz CT molecular complexity index is 501. The molecule has 0 bridgehead atoms. The van der Waals surface area contributed by atoms with E-state index in [1.807, 2.05) is 18.2 Å². The highest BCUT2D eigenvalue weighted by atomic mass is 19.1. The van der Waals surface area contributed by atoms with Gasteiger partial charge in [0.1, 0.15) is 5.75 Å². The van der Waals surface area contributed by atoms with Crippen molar-refractivity contribution in [2.45, 2.75) is 110 Å². The van der Waals surface area contributed by atoms with Crippen LogP contribution in [0.2, 0.25) is 0 Å². The summed E-state index contributed by atoms with van der Waals surface area (Å²) in [7, 11) is 0. The molecule has 0 aliphatic rings. The Hall–Kier alpha value is -1.38. The predicted molar refractivity (Wildman–Crippen MR) is 112 cm³/mol. The number of carbonyl (C=O) groups is 1. The Balaban J connectivity index is 2.32. The Labute approximate surface area is 165 Å². The van der Waals surface area contributed by atoms with E-state index in [1.54, 1.807) is 6.07 Å². The van der Waals surface area contributed by atoms with Gasteiger partial charge in [0.15, 0.2) is 6.17 Å². The SMILES string of the molecule is CCCCCCCCCCc1ccccc1OC(=O)C(F)CCCCCC. The van der Waals surface area contributed by atoms with Crippen molar-refractivity contribution in [1.29, 1.82) is 0 Å². The zero-order valence-electron chi connectivity index (χ0n) is 17.5. The highest BCUT2D eigenvalue weighted by Crippen LogP contribution is 2.22. The summed E-state index contributed by atoms with van der Waals surface area (Å²) in [6.07, 6.45) is 13.7. The third-order valence-electron chi connectivity index (χ3n) is 5.05. The van der Waals surface area contributed by atoms with Crippen LogP contribution in [0.5, 0.6) is 5.75 Å². The Morgan fingerprint density at radius 1 is 0.852 bits per heavy atom. The van der Waals surface area contributed by atoms with Crippen molar-refractivity contribution < 1.29 is 13.9 Å². The van der Waals surface area contributed by atoms with Gasteiger partial charge in [0.25, 0.3) is 0 Å². The smallest absolute Gasteiger partial charge is 0.346 e. The Morgan fingerprint density at radius 3 is 2.07 bits per heavy atom. The Kier molecular flexibility index (Phi) is 13.7. The number of unbranched alkanes of at least 4 members (excludes halogenated alkanes) is 10. The molecule has 1 aromatic rings. The molecule has 1 aromatic carbocycles. The number of carbonyl (C=O) groups excluding carboxylic acids is 1.